The molecule has 2 heterocycles. The van der Waals surface area contributed by atoms with E-state index in [1.807, 2.05) is 36.2 Å². The van der Waals surface area contributed by atoms with Crippen LogP contribution < -0.4 is 10.6 Å². The molecule has 1 unspecified atom stereocenters. The van der Waals surface area contributed by atoms with Gasteiger partial charge >= 0.3 is 0 Å². The minimum absolute atomic E-state index is 0.0853. The van der Waals surface area contributed by atoms with Crippen LogP contribution in [0.4, 0.5) is 0 Å². The Morgan fingerprint density at radius 1 is 1.38 bits per heavy atom. The maximum Gasteiger partial charge on any atom is 0.272 e. The lowest BCUT2D eigenvalue weighted by atomic mass is 10.1. The predicted molar refractivity (Wildman–Crippen MR) is 91.7 cm³/mol. The molecular formula is C17H23N5O2. The van der Waals surface area contributed by atoms with Crippen molar-refractivity contribution in [3.63, 3.8) is 0 Å². The van der Waals surface area contributed by atoms with Crippen LogP contribution in [-0.2, 0) is 4.79 Å². The number of aromatic nitrogens is 2. The third kappa shape index (κ3) is 3.56. The summed E-state index contributed by atoms with van der Waals surface area (Å²) in [5.74, 6) is -0.172. The van der Waals surface area contributed by atoms with E-state index in [0.717, 1.165) is 36.8 Å². The van der Waals surface area contributed by atoms with Gasteiger partial charge in [0, 0.05) is 37.5 Å². The van der Waals surface area contributed by atoms with E-state index < -0.39 is 0 Å². The third-order valence-corrected chi connectivity index (χ3v) is 4.49. The van der Waals surface area contributed by atoms with Crippen molar-refractivity contribution in [3.8, 4) is 0 Å². The molecule has 1 aromatic heterocycles. The highest BCUT2D eigenvalue weighted by Crippen LogP contribution is 2.15. The first-order chi connectivity index (χ1) is 11.7. The van der Waals surface area contributed by atoms with E-state index in [0.29, 0.717) is 24.7 Å². The molecule has 0 radical (unpaired) electrons. The van der Waals surface area contributed by atoms with E-state index in [-0.39, 0.29) is 11.8 Å². The number of para-hydroxylation sites is 1. The van der Waals surface area contributed by atoms with Crippen molar-refractivity contribution < 1.29 is 9.59 Å². The van der Waals surface area contributed by atoms with Crippen LogP contribution in [0, 0.1) is 0 Å². The number of rotatable bonds is 5. The number of nitrogens with zero attached hydrogens (tertiary/aromatic N) is 2. The predicted octanol–water partition coefficient (Wildman–Crippen LogP) is 0.893. The van der Waals surface area contributed by atoms with E-state index in [1.54, 1.807) is 0 Å². The summed E-state index contributed by atoms with van der Waals surface area (Å²) in [5, 5.41) is 13.7. The highest BCUT2D eigenvalue weighted by atomic mass is 16.2. The van der Waals surface area contributed by atoms with Crippen LogP contribution in [0.3, 0.4) is 0 Å². The lowest BCUT2D eigenvalue weighted by molar-refractivity contribution is -0.132. The second-order valence-electron chi connectivity index (χ2n) is 6.09. The smallest absolute Gasteiger partial charge is 0.272 e. The fourth-order valence-electron chi connectivity index (χ4n) is 3.10. The monoisotopic (exact) mass is 329 g/mol. The minimum atomic E-state index is -0.257. The number of H-pyrrole nitrogens is 1. The third-order valence-electron chi connectivity index (χ3n) is 4.49. The molecular weight excluding hydrogens is 306 g/mol. The van der Waals surface area contributed by atoms with Gasteiger partial charge in [-0.15, -0.1) is 0 Å². The van der Waals surface area contributed by atoms with Crippen molar-refractivity contribution in [1.82, 2.24) is 25.7 Å². The Morgan fingerprint density at radius 3 is 3.04 bits per heavy atom. The van der Waals surface area contributed by atoms with Gasteiger partial charge in [0.05, 0.1) is 5.52 Å². The highest BCUT2D eigenvalue weighted by Gasteiger charge is 2.22. The second-order valence-corrected chi connectivity index (χ2v) is 6.09. The van der Waals surface area contributed by atoms with Gasteiger partial charge in [-0.2, -0.15) is 5.10 Å². The van der Waals surface area contributed by atoms with E-state index in [9.17, 15) is 9.59 Å². The van der Waals surface area contributed by atoms with E-state index in [4.69, 9.17) is 0 Å². The molecule has 7 heteroatoms. The number of hydrogen-bond donors (Lipinski definition) is 3. The van der Waals surface area contributed by atoms with Crippen molar-refractivity contribution in [1.29, 1.82) is 0 Å². The summed E-state index contributed by atoms with van der Waals surface area (Å²) < 4.78 is 0. The Hall–Kier alpha value is -2.41. The minimum Gasteiger partial charge on any atom is -0.350 e. The number of nitrogens with one attached hydrogen (secondary N) is 3. The van der Waals surface area contributed by atoms with Gasteiger partial charge in [0.1, 0.15) is 0 Å². The number of carbonyl (C=O) groups excluding carboxylic acids is 2. The highest BCUT2D eigenvalue weighted by molar-refractivity contribution is 6.04. The number of likely N-dealkylation sites (tertiary alicyclic amines) is 1. The molecule has 0 saturated carbocycles. The van der Waals surface area contributed by atoms with Gasteiger partial charge in [-0.25, -0.2) is 0 Å². The topological polar surface area (TPSA) is 90.1 Å². The first-order valence-electron chi connectivity index (χ1n) is 8.35. The van der Waals surface area contributed by atoms with Crippen molar-refractivity contribution >= 4 is 22.7 Å². The standard InChI is InChI=1S/C17H23N5O2/c1-18-12-5-4-10-22(11-12)15(23)8-9-19-17(24)16-13-6-2-3-7-14(13)20-21-16/h2-3,6-7,12,18H,4-5,8-11H2,1H3,(H,19,24)(H,20,21). The summed E-state index contributed by atoms with van der Waals surface area (Å²) in [4.78, 5) is 26.4. The number of carbonyl (C=O) groups is 2. The summed E-state index contributed by atoms with van der Waals surface area (Å²) >= 11 is 0. The normalized spacial score (nSPS) is 17.9. The molecule has 0 bridgehead atoms. The van der Waals surface area contributed by atoms with Crippen LogP contribution in [0.2, 0.25) is 0 Å². The summed E-state index contributed by atoms with van der Waals surface area (Å²) in [6.45, 7) is 1.86. The molecule has 3 rings (SSSR count). The van der Waals surface area contributed by atoms with Crippen LogP contribution in [-0.4, -0.2) is 59.6 Å². The van der Waals surface area contributed by atoms with E-state index in [2.05, 4.69) is 20.8 Å². The SMILES string of the molecule is CNC1CCCN(C(=O)CCNC(=O)c2n[nH]c3ccccc23)C1. The lowest BCUT2D eigenvalue weighted by Crippen LogP contribution is -2.47. The maximum atomic E-state index is 12.3. The first-order valence-corrected chi connectivity index (χ1v) is 8.35. The summed E-state index contributed by atoms with van der Waals surface area (Å²) in [5.41, 5.74) is 1.19. The number of amides is 2. The van der Waals surface area contributed by atoms with Gasteiger partial charge in [0.25, 0.3) is 5.91 Å². The molecule has 1 aliphatic rings. The average molecular weight is 329 g/mol. The molecule has 1 aliphatic heterocycles. The van der Waals surface area contributed by atoms with Gasteiger partial charge in [-0.1, -0.05) is 18.2 Å². The van der Waals surface area contributed by atoms with Gasteiger partial charge in [0.15, 0.2) is 5.69 Å². The Labute approximate surface area is 140 Å². The second kappa shape index (κ2) is 7.44. The van der Waals surface area contributed by atoms with E-state index in [1.165, 1.54) is 0 Å². The summed E-state index contributed by atoms with van der Waals surface area (Å²) in [7, 11) is 1.92. The fourth-order valence-corrected chi connectivity index (χ4v) is 3.10. The Bertz CT molecular complexity index is 727. The van der Waals surface area contributed by atoms with Crippen LogP contribution in [0.1, 0.15) is 29.8 Å². The quantitative estimate of drug-likeness (QED) is 0.760. The molecule has 128 valence electrons. The van der Waals surface area contributed by atoms with Gasteiger partial charge in [-0.3, -0.25) is 14.7 Å². The van der Waals surface area contributed by atoms with Gasteiger partial charge in [0.2, 0.25) is 5.91 Å². The first kappa shape index (κ1) is 16.4. The van der Waals surface area contributed by atoms with Crippen molar-refractivity contribution in [2.75, 3.05) is 26.7 Å². The van der Waals surface area contributed by atoms with Gasteiger partial charge in [-0.05, 0) is 26.0 Å². The number of aromatic amines is 1. The number of benzene rings is 1. The molecule has 1 fully saturated rings. The lowest BCUT2D eigenvalue weighted by Gasteiger charge is -2.32. The molecule has 0 aliphatic carbocycles. The molecule has 7 nitrogen and oxygen atoms in total. The van der Waals surface area contributed by atoms with Crippen molar-refractivity contribution in [3.05, 3.63) is 30.0 Å². The van der Waals surface area contributed by atoms with Crippen LogP contribution >= 0.6 is 0 Å². The number of fused-ring (bicyclic) bond motifs is 1. The zero-order valence-corrected chi connectivity index (χ0v) is 13.8. The molecule has 1 saturated heterocycles. The summed E-state index contributed by atoms with van der Waals surface area (Å²) in [6.07, 6.45) is 2.43. The van der Waals surface area contributed by atoms with Crippen LogP contribution in [0.5, 0.6) is 0 Å². The van der Waals surface area contributed by atoms with Gasteiger partial charge < -0.3 is 15.5 Å². The van der Waals surface area contributed by atoms with Crippen LogP contribution in [0.25, 0.3) is 10.9 Å². The Morgan fingerprint density at radius 2 is 2.21 bits per heavy atom. The zero-order valence-electron chi connectivity index (χ0n) is 13.8. The number of piperidine rings is 1. The molecule has 3 N–H and O–H groups in total. The summed E-state index contributed by atoms with van der Waals surface area (Å²) in [6, 6.07) is 7.85. The van der Waals surface area contributed by atoms with Crippen LogP contribution in [0.15, 0.2) is 24.3 Å². The fraction of sp³-hybridized carbons (Fsp3) is 0.471. The Balaban J connectivity index is 1.51. The average Bonchev–Trinajstić information content (AvgIpc) is 3.05. The Kier molecular flexibility index (Phi) is 5.10. The number of hydrogen-bond acceptors (Lipinski definition) is 4. The van der Waals surface area contributed by atoms with E-state index >= 15 is 0 Å². The largest absolute Gasteiger partial charge is 0.350 e. The molecule has 24 heavy (non-hydrogen) atoms. The molecule has 1 aromatic carbocycles. The van der Waals surface area contributed by atoms with Crippen molar-refractivity contribution in [2.24, 2.45) is 0 Å². The molecule has 0 spiro atoms. The van der Waals surface area contributed by atoms with Crippen molar-refractivity contribution in [2.45, 2.75) is 25.3 Å². The molecule has 1 atom stereocenters. The zero-order chi connectivity index (χ0) is 16.9. The number of likely N-dealkylation sites (N-methyl/N-ethyl adjacent to an activating group) is 1. The maximum absolute atomic E-state index is 12.3. The molecule has 2 aromatic rings. The molecule has 2 amide bonds.